The van der Waals surface area contributed by atoms with E-state index in [1.807, 2.05) is 19.9 Å². The Morgan fingerprint density at radius 3 is 2.70 bits per heavy atom. The molecule has 0 aromatic heterocycles. The van der Waals surface area contributed by atoms with Crippen molar-refractivity contribution in [2.24, 2.45) is 10.9 Å². The number of hydrogen-bond acceptors (Lipinski definition) is 4. The summed E-state index contributed by atoms with van der Waals surface area (Å²) in [5.41, 5.74) is 6.08. The number of benzene rings is 1. The number of methoxy groups -OCH3 is 1. The molecule has 0 spiro atoms. The zero-order chi connectivity index (χ0) is 15.3. The van der Waals surface area contributed by atoms with E-state index in [0.717, 1.165) is 5.56 Å². The number of amidine groups is 1. The molecule has 0 saturated heterocycles. The number of ether oxygens (including phenoxy) is 1. The highest BCUT2D eigenvalue weighted by molar-refractivity contribution is 6.01. The van der Waals surface area contributed by atoms with E-state index < -0.39 is 5.54 Å². The zero-order valence-corrected chi connectivity index (χ0v) is 12.2. The van der Waals surface area contributed by atoms with Crippen LogP contribution in [0.25, 0.3) is 0 Å². The third-order valence-corrected chi connectivity index (χ3v) is 3.37. The molecule has 0 aliphatic heterocycles. The van der Waals surface area contributed by atoms with E-state index in [2.05, 4.69) is 10.5 Å². The number of amides is 1. The number of aryl methyl sites for hydroxylation is 1. The number of rotatable bonds is 5. The van der Waals surface area contributed by atoms with Crippen molar-refractivity contribution in [3.63, 3.8) is 0 Å². The summed E-state index contributed by atoms with van der Waals surface area (Å²) in [6.45, 7) is 5.42. The van der Waals surface area contributed by atoms with Crippen LogP contribution in [0.5, 0.6) is 5.75 Å². The van der Waals surface area contributed by atoms with Gasteiger partial charge in [0.25, 0.3) is 5.91 Å². The van der Waals surface area contributed by atoms with Crippen LogP contribution in [-0.4, -0.2) is 29.6 Å². The van der Waals surface area contributed by atoms with Gasteiger partial charge < -0.3 is 21.0 Å². The van der Waals surface area contributed by atoms with E-state index in [1.165, 1.54) is 7.11 Å². The fourth-order valence-electron chi connectivity index (χ4n) is 1.76. The van der Waals surface area contributed by atoms with Crippen molar-refractivity contribution in [3.05, 3.63) is 29.3 Å². The molecule has 0 saturated carbocycles. The van der Waals surface area contributed by atoms with Gasteiger partial charge in [0.1, 0.15) is 5.75 Å². The van der Waals surface area contributed by atoms with Crippen LogP contribution in [-0.2, 0) is 0 Å². The topological polar surface area (TPSA) is 96.9 Å². The molecule has 0 aliphatic carbocycles. The van der Waals surface area contributed by atoms with Gasteiger partial charge >= 0.3 is 0 Å². The van der Waals surface area contributed by atoms with Crippen LogP contribution in [0.4, 0.5) is 0 Å². The van der Waals surface area contributed by atoms with Gasteiger partial charge in [-0.15, -0.1) is 0 Å². The summed E-state index contributed by atoms with van der Waals surface area (Å²) in [5.74, 6) is 0.104. The highest BCUT2D eigenvalue weighted by Crippen LogP contribution is 2.21. The van der Waals surface area contributed by atoms with Gasteiger partial charge in [-0.1, -0.05) is 23.7 Å². The number of carbonyl (C=O) groups is 1. The Morgan fingerprint density at radius 2 is 2.20 bits per heavy atom. The predicted molar refractivity (Wildman–Crippen MR) is 77.3 cm³/mol. The number of nitrogens with one attached hydrogen (secondary N) is 1. The Morgan fingerprint density at radius 1 is 1.55 bits per heavy atom. The molecule has 1 rings (SSSR count). The van der Waals surface area contributed by atoms with Crippen molar-refractivity contribution in [1.82, 2.24) is 5.32 Å². The van der Waals surface area contributed by atoms with Gasteiger partial charge in [0, 0.05) is 0 Å². The first-order valence-corrected chi connectivity index (χ1v) is 6.33. The molecule has 1 unspecified atom stereocenters. The van der Waals surface area contributed by atoms with E-state index in [0.29, 0.717) is 17.7 Å². The third kappa shape index (κ3) is 3.20. The molecule has 1 atom stereocenters. The summed E-state index contributed by atoms with van der Waals surface area (Å²) in [5, 5.41) is 14.6. The van der Waals surface area contributed by atoms with Gasteiger partial charge in [-0.05, 0) is 32.4 Å². The summed E-state index contributed by atoms with van der Waals surface area (Å²) < 4.78 is 5.18. The maximum absolute atomic E-state index is 12.4. The molecule has 1 aromatic carbocycles. The second-order valence-electron chi connectivity index (χ2n) is 4.83. The summed E-state index contributed by atoms with van der Waals surface area (Å²) in [7, 11) is 1.50. The highest BCUT2D eigenvalue weighted by Gasteiger charge is 2.30. The van der Waals surface area contributed by atoms with E-state index in [-0.39, 0.29) is 11.7 Å². The van der Waals surface area contributed by atoms with Crippen molar-refractivity contribution in [2.45, 2.75) is 32.7 Å². The van der Waals surface area contributed by atoms with Gasteiger partial charge in [0.15, 0.2) is 5.84 Å². The second-order valence-corrected chi connectivity index (χ2v) is 4.83. The first-order chi connectivity index (χ1) is 9.37. The van der Waals surface area contributed by atoms with Crippen molar-refractivity contribution >= 4 is 11.7 Å². The molecule has 0 bridgehead atoms. The Bertz CT molecular complexity index is 528. The molecule has 0 heterocycles. The Kier molecular flexibility index (Phi) is 4.96. The van der Waals surface area contributed by atoms with E-state index in [1.54, 1.807) is 19.1 Å². The fourth-order valence-corrected chi connectivity index (χ4v) is 1.76. The first kappa shape index (κ1) is 15.8. The lowest BCUT2D eigenvalue weighted by Crippen LogP contribution is -2.55. The fraction of sp³-hybridized carbons (Fsp3) is 0.429. The van der Waals surface area contributed by atoms with Crippen LogP contribution in [0, 0.1) is 6.92 Å². The molecule has 1 aromatic rings. The van der Waals surface area contributed by atoms with Crippen molar-refractivity contribution in [2.75, 3.05) is 7.11 Å². The van der Waals surface area contributed by atoms with Gasteiger partial charge in [0.2, 0.25) is 0 Å². The minimum Gasteiger partial charge on any atom is -0.496 e. The largest absolute Gasteiger partial charge is 0.496 e. The van der Waals surface area contributed by atoms with Crippen LogP contribution < -0.4 is 15.8 Å². The minimum absolute atomic E-state index is 0.0417. The summed E-state index contributed by atoms with van der Waals surface area (Å²) >= 11 is 0. The SMILES string of the molecule is CCC(C)(NC(=O)c1cc(C)ccc1OC)C(N)=NO. The molecule has 20 heavy (non-hydrogen) atoms. The van der Waals surface area contributed by atoms with Gasteiger partial charge in [-0.2, -0.15) is 0 Å². The first-order valence-electron chi connectivity index (χ1n) is 6.33. The average molecular weight is 279 g/mol. The predicted octanol–water partition coefficient (Wildman–Crippen LogP) is 1.65. The van der Waals surface area contributed by atoms with Gasteiger partial charge in [-0.3, -0.25) is 4.79 Å². The van der Waals surface area contributed by atoms with Crippen LogP contribution in [0.3, 0.4) is 0 Å². The molecule has 6 nitrogen and oxygen atoms in total. The number of oxime groups is 1. The molecule has 0 aliphatic rings. The standard InChI is InChI=1S/C14H21N3O3/c1-5-14(3,13(15)17-19)16-12(18)10-8-9(2)6-7-11(10)20-4/h6-8,19H,5H2,1-4H3,(H2,15,17)(H,16,18). The van der Waals surface area contributed by atoms with Gasteiger partial charge in [-0.25, -0.2) is 0 Å². The molecule has 110 valence electrons. The quantitative estimate of drug-likeness (QED) is 0.330. The Hall–Kier alpha value is -2.24. The Labute approximate surface area is 118 Å². The lowest BCUT2D eigenvalue weighted by Gasteiger charge is -2.28. The van der Waals surface area contributed by atoms with Crippen LogP contribution >= 0.6 is 0 Å². The second kappa shape index (κ2) is 6.27. The average Bonchev–Trinajstić information content (AvgIpc) is 2.45. The maximum Gasteiger partial charge on any atom is 0.255 e. The van der Waals surface area contributed by atoms with E-state index in [9.17, 15) is 4.79 Å². The molecular weight excluding hydrogens is 258 g/mol. The zero-order valence-electron chi connectivity index (χ0n) is 12.2. The summed E-state index contributed by atoms with van der Waals surface area (Å²) in [6.07, 6.45) is 0.489. The lowest BCUT2D eigenvalue weighted by atomic mass is 9.96. The smallest absolute Gasteiger partial charge is 0.255 e. The van der Waals surface area contributed by atoms with Gasteiger partial charge in [0.05, 0.1) is 18.2 Å². The maximum atomic E-state index is 12.4. The normalized spacial score (nSPS) is 14.5. The van der Waals surface area contributed by atoms with Crippen molar-refractivity contribution in [3.8, 4) is 5.75 Å². The molecule has 0 fully saturated rings. The highest BCUT2D eigenvalue weighted by atomic mass is 16.5. The molecular formula is C14H21N3O3. The summed E-state index contributed by atoms with van der Waals surface area (Å²) in [4.78, 5) is 12.4. The number of nitrogens with two attached hydrogens (primary N) is 1. The minimum atomic E-state index is -0.916. The number of nitrogens with zero attached hydrogens (tertiary/aromatic N) is 1. The monoisotopic (exact) mass is 279 g/mol. The molecule has 0 radical (unpaired) electrons. The number of hydrogen-bond donors (Lipinski definition) is 3. The van der Waals surface area contributed by atoms with Crippen LogP contribution in [0.1, 0.15) is 36.2 Å². The molecule has 4 N–H and O–H groups in total. The molecule has 1 amide bonds. The third-order valence-electron chi connectivity index (χ3n) is 3.37. The van der Waals surface area contributed by atoms with Crippen LogP contribution in [0.15, 0.2) is 23.4 Å². The van der Waals surface area contributed by atoms with Crippen molar-refractivity contribution < 1.29 is 14.7 Å². The Balaban J connectivity index is 3.10. The van der Waals surface area contributed by atoms with Crippen molar-refractivity contribution in [1.29, 1.82) is 0 Å². The lowest BCUT2D eigenvalue weighted by molar-refractivity contribution is 0.0921. The molecule has 6 heteroatoms. The van der Waals surface area contributed by atoms with Crippen LogP contribution in [0.2, 0.25) is 0 Å². The summed E-state index contributed by atoms with van der Waals surface area (Å²) in [6, 6.07) is 5.33. The van der Waals surface area contributed by atoms with E-state index in [4.69, 9.17) is 15.7 Å². The van der Waals surface area contributed by atoms with E-state index >= 15 is 0 Å². The number of carbonyl (C=O) groups excluding carboxylic acids is 1.